The van der Waals surface area contributed by atoms with E-state index in [4.69, 9.17) is 0 Å². The highest BCUT2D eigenvalue weighted by Gasteiger charge is 2.19. The molecule has 1 saturated carbocycles. The quantitative estimate of drug-likeness (QED) is 0.874. The molecule has 0 spiro atoms. The van der Waals surface area contributed by atoms with Gasteiger partial charge in [0.2, 0.25) is 10.0 Å². The van der Waals surface area contributed by atoms with Gasteiger partial charge in [-0.05, 0) is 51.0 Å². The molecule has 0 atom stereocenters. The maximum atomic E-state index is 12.1. The van der Waals surface area contributed by atoms with Crippen molar-refractivity contribution in [3.63, 3.8) is 0 Å². The second kappa shape index (κ2) is 6.58. The first kappa shape index (κ1) is 16.0. The number of hydrogen-bond donors (Lipinski definition) is 2. The second-order valence-electron chi connectivity index (χ2n) is 5.76. The summed E-state index contributed by atoms with van der Waals surface area (Å²) >= 11 is 0. The highest BCUT2D eigenvalue weighted by Crippen LogP contribution is 2.18. The Morgan fingerprint density at radius 1 is 1.14 bits per heavy atom. The summed E-state index contributed by atoms with van der Waals surface area (Å²) in [4.78, 5) is 12.2. The zero-order valence-electron chi connectivity index (χ0n) is 12.4. The van der Waals surface area contributed by atoms with Crippen molar-refractivity contribution in [1.82, 2.24) is 10.0 Å². The average Bonchev–Trinajstić information content (AvgIpc) is 2.90. The zero-order chi connectivity index (χ0) is 15.5. The van der Waals surface area contributed by atoms with E-state index < -0.39 is 10.0 Å². The predicted octanol–water partition coefficient (Wildman–Crippen LogP) is 2.05. The molecule has 0 saturated heterocycles. The fraction of sp³-hybridized carbons (Fsp3) is 0.533. The number of rotatable bonds is 5. The minimum Gasteiger partial charge on any atom is -0.349 e. The lowest BCUT2D eigenvalue weighted by Gasteiger charge is -2.13. The van der Waals surface area contributed by atoms with Crippen LogP contribution in [0.3, 0.4) is 0 Å². The minimum absolute atomic E-state index is 0.136. The zero-order valence-corrected chi connectivity index (χ0v) is 13.2. The average molecular weight is 310 g/mol. The van der Waals surface area contributed by atoms with E-state index in [1.165, 1.54) is 12.1 Å². The standard InChI is InChI=1S/C15H22N2O3S/c1-11(2)17-21(19,20)14-9-7-12(8-10-14)15(18)16-13-5-3-4-6-13/h7-11,13,17H,3-6H2,1-2H3,(H,16,18). The largest absolute Gasteiger partial charge is 0.349 e. The monoisotopic (exact) mass is 310 g/mol. The van der Waals surface area contributed by atoms with E-state index in [9.17, 15) is 13.2 Å². The van der Waals surface area contributed by atoms with Crippen molar-refractivity contribution >= 4 is 15.9 Å². The molecule has 1 aliphatic rings. The maximum absolute atomic E-state index is 12.1. The lowest BCUT2D eigenvalue weighted by atomic mass is 10.2. The van der Waals surface area contributed by atoms with Gasteiger partial charge in [-0.1, -0.05) is 12.8 Å². The first-order valence-electron chi connectivity index (χ1n) is 7.32. The summed E-state index contributed by atoms with van der Waals surface area (Å²) in [6.45, 7) is 3.53. The highest BCUT2D eigenvalue weighted by atomic mass is 32.2. The van der Waals surface area contributed by atoms with Crippen LogP contribution in [0.5, 0.6) is 0 Å². The third-order valence-electron chi connectivity index (χ3n) is 3.51. The number of carbonyl (C=O) groups is 1. The molecular weight excluding hydrogens is 288 g/mol. The first-order valence-corrected chi connectivity index (χ1v) is 8.80. The molecule has 0 bridgehead atoms. The van der Waals surface area contributed by atoms with Crippen molar-refractivity contribution in [1.29, 1.82) is 0 Å². The maximum Gasteiger partial charge on any atom is 0.251 e. The molecule has 1 aromatic carbocycles. The topological polar surface area (TPSA) is 75.3 Å². The Labute approximate surface area is 126 Å². The lowest BCUT2D eigenvalue weighted by molar-refractivity contribution is 0.0938. The van der Waals surface area contributed by atoms with E-state index in [0.29, 0.717) is 5.56 Å². The molecule has 1 amide bonds. The summed E-state index contributed by atoms with van der Waals surface area (Å²) in [6.07, 6.45) is 4.36. The minimum atomic E-state index is -3.51. The molecular formula is C15H22N2O3S. The normalized spacial score (nSPS) is 16.3. The van der Waals surface area contributed by atoms with Gasteiger partial charge < -0.3 is 5.32 Å². The van der Waals surface area contributed by atoms with Crippen molar-refractivity contribution in [2.24, 2.45) is 0 Å². The van der Waals surface area contributed by atoms with Crippen molar-refractivity contribution in [3.8, 4) is 0 Å². The summed E-state index contributed by atoms with van der Waals surface area (Å²) in [5.74, 6) is -0.136. The smallest absolute Gasteiger partial charge is 0.251 e. The van der Waals surface area contributed by atoms with Gasteiger partial charge in [-0.25, -0.2) is 13.1 Å². The van der Waals surface area contributed by atoms with E-state index in [0.717, 1.165) is 25.7 Å². The van der Waals surface area contributed by atoms with E-state index in [1.54, 1.807) is 26.0 Å². The van der Waals surface area contributed by atoms with Crippen molar-refractivity contribution < 1.29 is 13.2 Å². The Balaban J connectivity index is 2.06. The number of carbonyl (C=O) groups excluding carboxylic acids is 1. The van der Waals surface area contributed by atoms with Crippen molar-refractivity contribution in [2.75, 3.05) is 0 Å². The van der Waals surface area contributed by atoms with Crippen LogP contribution in [-0.4, -0.2) is 26.4 Å². The van der Waals surface area contributed by atoms with E-state index in [1.807, 2.05) is 0 Å². The molecule has 116 valence electrons. The Morgan fingerprint density at radius 3 is 2.24 bits per heavy atom. The molecule has 1 fully saturated rings. The molecule has 0 radical (unpaired) electrons. The fourth-order valence-electron chi connectivity index (χ4n) is 2.50. The molecule has 5 nitrogen and oxygen atoms in total. The van der Waals surface area contributed by atoms with Crippen LogP contribution in [0, 0.1) is 0 Å². The summed E-state index contributed by atoms with van der Waals surface area (Å²) in [5.41, 5.74) is 0.491. The third-order valence-corrected chi connectivity index (χ3v) is 5.18. The summed E-state index contributed by atoms with van der Waals surface area (Å²) < 4.78 is 26.5. The number of sulfonamides is 1. The molecule has 1 aliphatic carbocycles. The van der Waals surface area contributed by atoms with Crippen LogP contribution >= 0.6 is 0 Å². The lowest BCUT2D eigenvalue weighted by Crippen LogP contribution is -2.32. The van der Waals surface area contributed by atoms with Crippen molar-refractivity contribution in [2.45, 2.75) is 56.5 Å². The van der Waals surface area contributed by atoms with Crippen LogP contribution in [0.2, 0.25) is 0 Å². The molecule has 0 heterocycles. The van der Waals surface area contributed by atoms with Crippen LogP contribution in [0.25, 0.3) is 0 Å². The van der Waals surface area contributed by atoms with E-state index in [2.05, 4.69) is 10.0 Å². The molecule has 2 rings (SSSR count). The van der Waals surface area contributed by atoms with Gasteiger partial charge in [0.15, 0.2) is 0 Å². The third kappa shape index (κ3) is 4.28. The van der Waals surface area contributed by atoms with Crippen molar-refractivity contribution in [3.05, 3.63) is 29.8 Å². The molecule has 6 heteroatoms. The summed E-state index contributed by atoms with van der Waals surface area (Å²) in [6, 6.07) is 6.13. The molecule has 0 aliphatic heterocycles. The molecule has 21 heavy (non-hydrogen) atoms. The number of hydrogen-bond acceptors (Lipinski definition) is 3. The van der Waals surface area contributed by atoms with Gasteiger partial charge in [0.1, 0.15) is 0 Å². The Hall–Kier alpha value is -1.40. The van der Waals surface area contributed by atoms with Gasteiger partial charge in [-0.2, -0.15) is 0 Å². The number of nitrogens with one attached hydrogen (secondary N) is 2. The van der Waals surface area contributed by atoms with Gasteiger partial charge in [0, 0.05) is 17.6 Å². The van der Waals surface area contributed by atoms with E-state index in [-0.39, 0.29) is 22.9 Å². The molecule has 0 aromatic heterocycles. The fourth-order valence-corrected chi connectivity index (χ4v) is 3.75. The van der Waals surface area contributed by atoms with Gasteiger partial charge in [-0.3, -0.25) is 4.79 Å². The SMILES string of the molecule is CC(C)NS(=O)(=O)c1ccc(C(=O)NC2CCCC2)cc1. The van der Waals surface area contributed by atoms with Gasteiger partial charge in [-0.15, -0.1) is 0 Å². The highest BCUT2D eigenvalue weighted by molar-refractivity contribution is 7.89. The van der Waals surface area contributed by atoms with Crippen LogP contribution in [-0.2, 0) is 10.0 Å². The first-order chi connectivity index (χ1) is 9.88. The summed E-state index contributed by atoms with van der Waals surface area (Å²) in [7, 11) is -3.51. The number of amides is 1. The Morgan fingerprint density at radius 2 is 1.71 bits per heavy atom. The molecule has 0 unspecified atom stereocenters. The van der Waals surface area contributed by atoms with Gasteiger partial charge in [0.25, 0.3) is 5.91 Å². The van der Waals surface area contributed by atoms with Gasteiger partial charge in [0.05, 0.1) is 4.90 Å². The Kier molecular flexibility index (Phi) is 5.00. The molecule has 2 N–H and O–H groups in total. The molecule has 1 aromatic rings. The number of benzene rings is 1. The summed E-state index contributed by atoms with van der Waals surface area (Å²) in [5, 5.41) is 2.98. The second-order valence-corrected chi connectivity index (χ2v) is 7.47. The Bertz CT molecular complexity index is 588. The van der Waals surface area contributed by atoms with E-state index >= 15 is 0 Å². The van der Waals surface area contributed by atoms with Crippen LogP contribution < -0.4 is 10.0 Å². The van der Waals surface area contributed by atoms with Crippen LogP contribution in [0.15, 0.2) is 29.2 Å². The van der Waals surface area contributed by atoms with Crippen LogP contribution in [0.1, 0.15) is 49.9 Å². The predicted molar refractivity (Wildman–Crippen MR) is 81.6 cm³/mol. The van der Waals surface area contributed by atoms with Crippen LogP contribution in [0.4, 0.5) is 0 Å². The van der Waals surface area contributed by atoms with Gasteiger partial charge >= 0.3 is 0 Å².